The van der Waals surface area contributed by atoms with E-state index in [9.17, 15) is 9.90 Å². The average Bonchev–Trinajstić information content (AvgIpc) is 3.34. The first-order valence-electron chi connectivity index (χ1n) is 9.35. The van der Waals surface area contributed by atoms with E-state index in [1.54, 1.807) is 10.9 Å². The highest BCUT2D eigenvalue weighted by molar-refractivity contribution is 9.10. The fourth-order valence-electron chi connectivity index (χ4n) is 3.82. The van der Waals surface area contributed by atoms with Crippen molar-refractivity contribution in [2.75, 3.05) is 36.8 Å². The lowest BCUT2D eigenvalue weighted by Gasteiger charge is -2.19. The predicted molar refractivity (Wildman–Crippen MR) is 108 cm³/mol. The second-order valence-electron chi connectivity index (χ2n) is 7.27. The number of nitrogens with one attached hydrogen (secondary N) is 2. The Morgan fingerprint density at radius 2 is 2.15 bits per heavy atom. The maximum atomic E-state index is 12.3. The standard InChI is InChI=1S/C19H24BrN5O2/c20-13-3-4-16-17(19(27)23-18(16)7-13)9-21-14-8-22-25(10-14)12-15(26)11-24-5-1-2-6-24/h3-4,7-8,10,15,17,21,26H,1-2,5-6,9,11-12H2,(H,23,27)/t15-,17+/m1/s1. The Hall–Kier alpha value is -1.90. The van der Waals surface area contributed by atoms with Gasteiger partial charge in [0.25, 0.3) is 0 Å². The second kappa shape index (κ2) is 8.00. The molecule has 27 heavy (non-hydrogen) atoms. The number of aliphatic hydroxyl groups excluding tert-OH is 1. The number of fused-ring (bicyclic) bond motifs is 1. The zero-order valence-corrected chi connectivity index (χ0v) is 16.7. The molecular formula is C19H24BrN5O2. The van der Waals surface area contributed by atoms with E-state index in [0.29, 0.717) is 19.6 Å². The molecule has 7 nitrogen and oxygen atoms in total. The summed E-state index contributed by atoms with van der Waals surface area (Å²) in [7, 11) is 0. The lowest BCUT2D eigenvalue weighted by atomic mass is 10.0. The average molecular weight is 434 g/mol. The molecule has 4 rings (SSSR count). The SMILES string of the molecule is O=C1Nc2cc(Br)ccc2[C@@H]1CNc1cnn(C[C@H](O)CN2CCCC2)c1. The van der Waals surface area contributed by atoms with E-state index in [-0.39, 0.29) is 11.8 Å². The minimum Gasteiger partial charge on any atom is -0.390 e. The lowest BCUT2D eigenvalue weighted by molar-refractivity contribution is -0.116. The van der Waals surface area contributed by atoms with Crippen LogP contribution in [0.5, 0.6) is 0 Å². The molecule has 1 saturated heterocycles. The monoisotopic (exact) mass is 433 g/mol. The predicted octanol–water partition coefficient (Wildman–Crippen LogP) is 2.25. The summed E-state index contributed by atoms with van der Waals surface area (Å²) in [5.74, 6) is -0.221. The Labute approximate surface area is 166 Å². The highest BCUT2D eigenvalue weighted by Gasteiger charge is 2.30. The molecule has 1 aromatic heterocycles. The summed E-state index contributed by atoms with van der Waals surface area (Å²) in [5.41, 5.74) is 2.72. The van der Waals surface area contributed by atoms with E-state index in [2.05, 4.69) is 36.6 Å². The van der Waals surface area contributed by atoms with E-state index >= 15 is 0 Å². The summed E-state index contributed by atoms with van der Waals surface area (Å²) in [5, 5.41) is 20.8. The number of carbonyl (C=O) groups is 1. The highest BCUT2D eigenvalue weighted by Crippen LogP contribution is 2.34. The summed E-state index contributed by atoms with van der Waals surface area (Å²) >= 11 is 3.43. The number of hydrogen-bond donors (Lipinski definition) is 3. The van der Waals surface area contributed by atoms with Crippen molar-refractivity contribution >= 4 is 33.2 Å². The zero-order valence-electron chi connectivity index (χ0n) is 15.1. The van der Waals surface area contributed by atoms with Crippen LogP contribution in [-0.4, -0.2) is 58.0 Å². The number of benzene rings is 1. The van der Waals surface area contributed by atoms with Gasteiger partial charge in [-0.1, -0.05) is 22.0 Å². The zero-order chi connectivity index (χ0) is 18.8. The van der Waals surface area contributed by atoms with Gasteiger partial charge >= 0.3 is 0 Å². The molecule has 2 aliphatic heterocycles. The van der Waals surface area contributed by atoms with E-state index in [4.69, 9.17) is 0 Å². The summed E-state index contributed by atoms with van der Waals surface area (Å²) in [6.45, 7) is 3.81. The minimum absolute atomic E-state index is 0.00373. The first-order chi connectivity index (χ1) is 13.1. The number of anilines is 2. The normalized spacial score (nSPS) is 20.5. The minimum atomic E-state index is -0.429. The second-order valence-corrected chi connectivity index (χ2v) is 8.18. The van der Waals surface area contributed by atoms with Crippen molar-refractivity contribution in [3.8, 4) is 0 Å². The molecule has 2 aromatic rings. The molecule has 2 aliphatic rings. The van der Waals surface area contributed by atoms with Crippen molar-refractivity contribution in [2.24, 2.45) is 0 Å². The molecule has 3 N–H and O–H groups in total. The number of hydrogen-bond acceptors (Lipinski definition) is 5. The molecule has 0 radical (unpaired) electrons. The van der Waals surface area contributed by atoms with Crippen molar-refractivity contribution < 1.29 is 9.90 Å². The van der Waals surface area contributed by atoms with Crippen LogP contribution in [0.2, 0.25) is 0 Å². The van der Waals surface area contributed by atoms with Gasteiger partial charge in [-0.05, 0) is 43.6 Å². The number of likely N-dealkylation sites (tertiary alicyclic amines) is 1. The molecule has 1 aromatic carbocycles. The molecule has 2 atom stereocenters. The number of β-amino-alcohol motifs (C(OH)–C–C–N with tert-alkyl or cyclic N) is 1. The van der Waals surface area contributed by atoms with Gasteiger partial charge in [0.2, 0.25) is 5.91 Å². The number of rotatable bonds is 7. The van der Waals surface area contributed by atoms with Crippen molar-refractivity contribution in [1.82, 2.24) is 14.7 Å². The maximum absolute atomic E-state index is 12.3. The van der Waals surface area contributed by atoms with E-state index in [0.717, 1.165) is 34.5 Å². The largest absolute Gasteiger partial charge is 0.390 e. The summed E-state index contributed by atoms with van der Waals surface area (Å²) in [4.78, 5) is 14.5. The Morgan fingerprint density at radius 1 is 1.33 bits per heavy atom. The summed E-state index contributed by atoms with van der Waals surface area (Å²) < 4.78 is 2.70. The van der Waals surface area contributed by atoms with Gasteiger partial charge in [-0.15, -0.1) is 0 Å². The molecule has 3 heterocycles. The molecule has 0 spiro atoms. The third-order valence-electron chi connectivity index (χ3n) is 5.17. The van der Waals surface area contributed by atoms with Crippen molar-refractivity contribution in [3.63, 3.8) is 0 Å². The first-order valence-corrected chi connectivity index (χ1v) is 10.1. The molecule has 0 bridgehead atoms. The number of amides is 1. The van der Waals surface area contributed by atoms with Gasteiger partial charge in [-0.25, -0.2) is 0 Å². The van der Waals surface area contributed by atoms with Crippen LogP contribution < -0.4 is 10.6 Å². The van der Waals surface area contributed by atoms with Crippen molar-refractivity contribution in [2.45, 2.75) is 31.4 Å². The van der Waals surface area contributed by atoms with E-state index in [1.165, 1.54) is 12.8 Å². The Balaban J connectivity index is 1.31. The molecule has 144 valence electrons. The Morgan fingerprint density at radius 3 is 2.96 bits per heavy atom. The van der Waals surface area contributed by atoms with E-state index < -0.39 is 6.10 Å². The molecular weight excluding hydrogens is 410 g/mol. The smallest absolute Gasteiger partial charge is 0.233 e. The fraction of sp³-hybridized carbons (Fsp3) is 0.474. The Bertz CT molecular complexity index is 818. The third kappa shape index (κ3) is 4.34. The molecule has 1 fully saturated rings. The quantitative estimate of drug-likeness (QED) is 0.623. The molecule has 0 saturated carbocycles. The molecule has 0 unspecified atom stereocenters. The van der Waals surface area contributed by atoms with E-state index in [1.807, 2.05) is 24.4 Å². The van der Waals surface area contributed by atoms with Crippen LogP contribution in [0, 0.1) is 0 Å². The molecule has 0 aliphatic carbocycles. The Kier molecular flexibility index (Phi) is 5.47. The van der Waals surface area contributed by atoms with Gasteiger partial charge in [-0.2, -0.15) is 5.10 Å². The van der Waals surface area contributed by atoms with Crippen molar-refractivity contribution in [3.05, 3.63) is 40.6 Å². The number of aromatic nitrogens is 2. The molecule has 8 heteroatoms. The lowest BCUT2D eigenvalue weighted by Crippen LogP contribution is -2.32. The number of carbonyl (C=O) groups excluding carboxylic acids is 1. The number of halogens is 1. The topological polar surface area (TPSA) is 82.4 Å². The van der Waals surface area contributed by atoms with Crippen LogP contribution in [0.3, 0.4) is 0 Å². The van der Waals surface area contributed by atoms with Crippen LogP contribution in [0.25, 0.3) is 0 Å². The van der Waals surface area contributed by atoms with Crippen LogP contribution in [0.1, 0.15) is 24.3 Å². The number of nitrogens with zero attached hydrogens (tertiary/aromatic N) is 3. The van der Waals surface area contributed by atoms with Gasteiger partial charge < -0.3 is 20.6 Å². The fourth-order valence-corrected chi connectivity index (χ4v) is 4.18. The van der Waals surface area contributed by atoms with Gasteiger partial charge in [0.05, 0.1) is 30.5 Å². The van der Waals surface area contributed by atoms with Crippen LogP contribution in [-0.2, 0) is 11.3 Å². The van der Waals surface area contributed by atoms with Gasteiger partial charge in [-0.3, -0.25) is 9.48 Å². The van der Waals surface area contributed by atoms with Crippen LogP contribution >= 0.6 is 15.9 Å². The van der Waals surface area contributed by atoms with Gasteiger partial charge in [0.1, 0.15) is 0 Å². The summed E-state index contributed by atoms with van der Waals surface area (Å²) in [6.07, 6.45) is 5.62. The van der Waals surface area contributed by atoms with Gasteiger partial charge in [0, 0.05) is 29.4 Å². The molecule has 1 amide bonds. The number of aliphatic hydroxyl groups is 1. The van der Waals surface area contributed by atoms with Crippen LogP contribution in [0.15, 0.2) is 35.1 Å². The third-order valence-corrected chi connectivity index (χ3v) is 5.67. The van der Waals surface area contributed by atoms with Crippen LogP contribution in [0.4, 0.5) is 11.4 Å². The first kappa shape index (κ1) is 18.5. The highest BCUT2D eigenvalue weighted by atomic mass is 79.9. The summed E-state index contributed by atoms with van der Waals surface area (Å²) in [6, 6.07) is 5.85. The van der Waals surface area contributed by atoms with Crippen molar-refractivity contribution in [1.29, 1.82) is 0 Å². The van der Waals surface area contributed by atoms with Gasteiger partial charge in [0.15, 0.2) is 0 Å². The maximum Gasteiger partial charge on any atom is 0.233 e.